The molecule has 3 aliphatic rings. The predicted molar refractivity (Wildman–Crippen MR) is 184 cm³/mol. The van der Waals surface area contributed by atoms with Crippen LogP contribution in [0.1, 0.15) is 75.8 Å². The van der Waals surface area contributed by atoms with Crippen LogP contribution in [0.15, 0.2) is 54.6 Å². The SMILES string of the molecule is Cc1nc2n(n1)CC(=O)N[C@@H](CC(C)C)COc1ccc(cc1)C[C@@H](NC(=O)C1CC1)C(=O)N[C@@H](Cc1ccccc1)C(=O)N[C@H]2C(C)C. The molecular formula is C37H49N7O5. The van der Waals surface area contributed by atoms with Crippen LogP contribution >= 0.6 is 0 Å². The van der Waals surface area contributed by atoms with Crippen LogP contribution in [-0.2, 0) is 38.6 Å². The number of benzene rings is 2. The molecule has 0 radical (unpaired) electrons. The second-order valence-corrected chi connectivity index (χ2v) is 14.0. The number of carbonyl (C=O) groups excluding carboxylic acids is 4. The van der Waals surface area contributed by atoms with Crippen LogP contribution in [0.4, 0.5) is 0 Å². The summed E-state index contributed by atoms with van der Waals surface area (Å²) in [6.45, 7) is 10.0. The fraction of sp³-hybridized carbons (Fsp3) is 0.514. The molecule has 3 aromatic rings. The molecule has 12 heteroatoms. The van der Waals surface area contributed by atoms with Gasteiger partial charge in [-0.05, 0) is 61.3 Å². The lowest BCUT2D eigenvalue weighted by atomic mass is 10.00. The highest BCUT2D eigenvalue weighted by Gasteiger charge is 2.35. The first-order chi connectivity index (χ1) is 23.4. The minimum Gasteiger partial charge on any atom is -0.491 e. The van der Waals surface area contributed by atoms with E-state index >= 15 is 0 Å². The van der Waals surface area contributed by atoms with E-state index in [0.717, 1.165) is 24.0 Å². The first-order valence-corrected chi connectivity index (χ1v) is 17.3. The van der Waals surface area contributed by atoms with Crippen molar-refractivity contribution >= 4 is 23.6 Å². The van der Waals surface area contributed by atoms with Gasteiger partial charge in [-0.15, -0.1) is 0 Å². The lowest BCUT2D eigenvalue weighted by Gasteiger charge is -2.27. The molecule has 12 nitrogen and oxygen atoms in total. The van der Waals surface area contributed by atoms with Gasteiger partial charge < -0.3 is 26.0 Å². The normalized spacial score (nSPS) is 22.5. The van der Waals surface area contributed by atoms with Crippen LogP contribution in [-0.4, -0.2) is 63.1 Å². The van der Waals surface area contributed by atoms with Gasteiger partial charge in [0.25, 0.3) is 0 Å². The highest BCUT2D eigenvalue weighted by Crippen LogP contribution is 2.29. The van der Waals surface area contributed by atoms with Gasteiger partial charge in [0, 0.05) is 18.8 Å². The average molecular weight is 672 g/mol. The van der Waals surface area contributed by atoms with Crippen LogP contribution in [0.5, 0.6) is 5.75 Å². The van der Waals surface area contributed by atoms with Gasteiger partial charge in [0.1, 0.15) is 36.8 Å². The van der Waals surface area contributed by atoms with E-state index in [1.807, 2.05) is 68.4 Å². The third-order valence-electron chi connectivity index (χ3n) is 8.77. The molecule has 2 aromatic carbocycles. The summed E-state index contributed by atoms with van der Waals surface area (Å²) in [6, 6.07) is 14.1. The zero-order chi connectivity index (χ0) is 35.1. The summed E-state index contributed by atoms with van der Waals surface area (Å²) >= 11 is 0. The van der Waals surface area contributed by atoms with Crippen molar-refractivity contribution in [1.29, 1.82) is 0 Å². The van der Waals surface area contributed by atoms with E-state index in [0.29, 0.717) is 29.7 Å². The van der Waals surface area contributed by atoms with Crippen molar-refractivity contribution < 1.29 is 23.9 Å². The van der Waals surface area contributed by atoms with Crippen molar-refractivity contribution in [2.75, 3.05) is 6.61 Å². The maximum atomic E-state index is 14.2. The van der Waals surface area contributed by atoms with E-state index in [2.05, 4.69) is 45.2 Å². The number of fused-ring (bicyclic) bond motifs is 14. The number of carbonyl (C=O) groups is 4. The van der Waals surface area contributed by atoms with Gasteiger partial charge in [-0.3, -0.25) is 19.2 Å². The minimum absolute atomic E-state index is 0.0922. The van der Waals surface area contributed by atoms with Gasteiger partial charge >= 0.3 is 0 Å². The Morgan fingerprint density at radius 1 is 0.959 bits per heavy atom. The van der Waals surface area contributed by atoms with Gasteiger partial charge in [0.2, 0.25) is 23.6 Å². The Morgan fingerprint density at radius 2 is 1.67 bits per heavy atom. The lowest BCUT2D eigenvalue weighted by molar-refractivity contribution is -0.132. The largest absolute Gasteiger partial charge is 0.491 e. The predicted octanol–water partition coefficient (Wildman–Crippen LogP) is 3.19. The summed E-state index contributed by atoms with van der Waals surface area (Å²) in [7, 11) is 0. The summed E-state index contributed by atoms with van der Waals surface area (Å²) in [5, 5.41) is 16.6. The summed E-state index contributed by atoms with van der Waals surface area (Å²) in [6.07, 6.45) is 2.75. The van der Waals surface area contributed by atoms with Gasteiger partial charge in [-0.1, -0.05) is 70.2 Å². The van der Waals surface area contributed by atoms with Crippen LogP contribution in [0, 0.1) is 24.7 Å². The van der Waals surface area contributed by atoms with Crippen molar-refractivity contribution in [1.82, 2.24) is 36.0 Å². The molecule has 0 unspecified atom stereocenters. The molecule has 1 aliphatic carbocycles. The highest BCUT2D eigenvalue weighted by atomic mass is 16.5. The molecule has 1 fully saturated rings. The van der Waals surface area contributed by atoms with Crippen molar-refractivity contribution in [2.24, 2.45) is 17.8 Å². The number of hydrogen-bond acceptors (Lipinski definition) is 7. The Morgan fingerprint density at radius 3 is 2.33 bits per heavy atom. The minimum atomic E-state index is -0.963. The maximum Gasteiger partial charge on any atom is 0.243 e. The van der Waals surface area contributed by atoms with Crippen molar-refractivity contribution in [3.63, 3.8) is 0 Å². The van der Waals surface area contributed by atoms with Crippen LogP contribution in [0.25, 0.3) is 0 Å². The zero-order valence-corrected chi connectivity index (χ0v) is 29.1. The van der Waals surface area contributed by atoms with Gasteiger partial charge in [-0.25, -0.2) is 9.67 Å². The average Bonchev–Trinajstić information content (AvgIpc) is 3.85. The number of rotatable bonds is 7. The van der Waals surface area contributed by atoms with Gasteiger partial charge in [0.05, 0.1) is 12.1 Å². The fourth-order valence-corrected chi connectivity index (χ4v) is 6.08. The number of amides is 4. The molecule has 1 aromatic heterocycles. The molecule has 0 saturated heterocycles. The Hall–Kier alpha value is -4.74. The van der Waals surface area contributed by atoms with Gasteiger partial charge in [-0.2, -0.15) is 5.10 Å². The molecule has 4 N–H and O–H groups in total. The molecule has 4 atom stereocenters. The Bertz CT molecular complexity index is 1600. The fourth-order valence-electron chi connectivity index (χ4n) is 6.08. The van der Waals surface area contributed by atoms with E-state index in [1.165, 1.54) is 4.68 Å². The number of nitrogens with one attached hydrogen (secondary N) is 4. The van der Waals surface area contributed by atoms with E-state index in [1.54, 1.807) is 6.92 Å². The van der Waals surface area contributed by atoms with E-state index < -0.39 is 29.9 Å². The topological polar surface area (TPSA) is 156 Å². The number of hydrogen-bond donors (Lipinski definition) is 4. The van der Waals surface area contributed by atoms with E-state index in [-0.39, 0.29) is 55.7 Å². The van der Waals surface area contributed by atoms with E-state index in [4.69, 9.17) is 4.74 Å². The van der Waals surface area contributed by atoms with Crippen LogP contribution in [0.3, 0.4) is 0 Å². The summed E-state index contributed by atoms with van der Waals surface area (Å²) < 4.78 is 7.65. The standard InChI is InChI=1S/C37H49N7O5/c1-22(2)17-28-21-49-29-15-11-26(12-16-29)19-30(40-35(46)27-13-14-27)36(47)41-31(18-25-9-7-6-8-10-25)37(48)42-33(23(3)4)34-38-24(5)43-44(34)20-32(45)39-28/h6-12,15-16,22-23,27-28,30-31,33H,13-14,17-21H2,1-5H3,(H,39,45)(H,40,46)(H,41,47)(H,42,48)/t28-,30+,31-,33-/m0/s1. The number of ether oxygens (including phenoxy) is 1. The number of aromatic nitrogens is 3. The summed E-state index contributed by atoms with van der Waals surface area (Å²) in [5.41, 5.74) is 1.68. The van der Waals surface area contributed by atoms with Gasteiger partial charge in [0.15, 0.2) is 5.82 Å². The van der Waals surface area contributed by atoms with E-state index in [9.17, 15) is 19.2 Å². The molecule has 2 aliphatic heterocycles. The third kappa shape index (κ3) is 10.1. The van der Waals surface area contributed by atoms with Crippen LogP contribution < -0.4 is 26.0 Å². The molecule has 4 amide bonds. The summed E-state index contributed by atoms with van der Waals surface area (Å²) in [5.74, 6) is 0.355. The number of aryl methyl sites for hydroxylation is 1. The molecule has 3 heterocycles. The highest BCUT2D eigenvalue weighted by molar-refractivity contribution is 5.93. The smallest absolute Gasteiger partial charge is 0.243 e. The molecular weight excluding hydrogens is 622 g/mol. The molecule has 49 heavy (non-hydrogen) atoms. The monoisotopic (exact) mass is 671 g/mol. The molecule has 2 bridgehead atoms. The second-order valence-electron chi connectivity index (χ2n) is 14.0. The first kappa shape index (κ1) is 35.6. The molecule has 262 valence electrons. The quantitative estimate of drug-likeness (QED) is 0.301. The third-order valence-corrected chi connectivity index (χ3v) is 8.77. The first-order valence-electron chi connectivity index (χ1n) is 17.3. The summed E-state index contributed by atoms with van der Waals surface area (Å²) in [4.78, 5) is 59.1. The Kier molecular flexibility index (Phi) is 11.7. The Balaban J connectivity index is 1.51. The van der Waals surface area contributed by atoms with Crippen molar-refractivity contribution in [3.8, 4) is 5.75 Å². The molecule has 6 rings (SSSR count). The molecule has 1 saturated carbocycles. The second kappa shape index (κ2) is 16.1. The maximum absolute atomic E-state index is 14.2. The zero-order valence-electron chi connectivity index (χ0n) is 29.1. The van der Waals surface area contributed by atoms with Crippen LogP contribution in [0.2, 0.25) is 0 Å². The lowest BCUT2D eigenvalue weighted by Crippen LogP contribution is -2.56. The molecule has 0 spiro atoms. The Labute approximate surface area is 288 Å². The van der Waals surface area contributed by atoms with Crippen molar-refractivity contribution in [3.05, 3.63) is 77.4 Å². The van der Waals surface area contributed by atoms with Crippen molar-refractivity contribution in [2.45, 2.75) is 97.4 Å². The number of nitrogens with zero attached hydrogens (tertiary/aromatic N) is 3.